The van der Waals surface area contributed by atoms with Crippen LogP contribution in [0.5, 0.6) is 0 Å². The molecule has 1 saturated heterocycles. The normalized spacial score (nSPS) is 15.4. The Labute approximate surface area is 258 Å². The van der Waals surface area contributed by atoms with E-state index < -0.39 is 27.8 Å². The zero-order valence-corrected chi connectivity index (χ0v) is 27.1. The van der Waals surface area contributed by atoms with Gasteiger partial charge < -0.3 is 19.9 Å². The number of amides is 2. The Morgan fingerprint density at radius 2 is 1.75 bits per heavy atom. The fourth-order valence-corrected chi connectivity index (χ4v) is 7.12. The number of nitrogens with zero attached hydrogens (tertiary/aromatic N) is 4. The second-order valence-corrected chi connectivity index (χ2v) is 14.5. The number of piperidine rings is 1. The van der Waals surface area contributed by atoms with Gasteiger partial charge in [-0.2, -0.15) is 9.40 Å². The van der Waals surface area contributed by atoms with Crippen LogP contribution in [0, 0.1) is 13.8 Å². The van der Waals surface area contributed by atoms with Crippen LogP contribution in [0.3, 0.4) is 0 Å². The topological polar surface area (TPSA) is 128 Å². The van der Waals surface area contributed by atoms with Crippen LogP contribution in [-0.2, 0) is 26.1 Å². The Kier molecular flexibility index (Phi) is 8.77. The third kappa shape index (κ3) is 6.76. The highest BCUT2D eigenvalue weighted by atomic mass is 32.2. The summed E-state index contributed by atoms with van der Waals surface area (Å²) in [6.45, 7) is 13.1. The first-order valence-corrected chi connectivity index (χ1v) is 16.5. The first-order valence-electron chi connectivity index (χ1n) is 15.1. The molecule has 0 saturated carbocycles. The molecule has 44 heavy (non-hydrogen) atoms. The molecule has 0 bridgehead atoms. The molecule has 0 aliphatic carbocycles. The van der Waals surface area contributed by atoms with Crippen molar-refractivity contribution in [1.29, 1.82) is 0 Å². The van der Waals surface area contributed by atoms with Crippen molar-refractivity contribution in [3.8, 4) is 0 Å². The van der Waals surface area contributed by atoms with Gasteiger partial charge in [0.15, 0.2) is 0 Å². The smallest absolute Gasteiger partial charge is 0.407 e. The summed E-state index contributed by atoms with van der Waals surface area (Å²) in [4.78, 5) is 25.7. The maximum absolute atomic E-state index is 13.5. The molecule has 1 aliphatic rings. The summed E-state index contributed by atoms with van der Waals surface area (Å²) < 4.78 is 37.0. The molecule has 2 aromatic heterocycles. The van der Waals surface area contributed by atoms with Gasteiger partial charge >= 0.3 is 6.09 Å². The fraction of sp³-hybridized carbons (Fsp3) is 0.469. The molecule has 11 nitrogen and oxygen atoms in total. The Balaban J connectivity index is 1.29. The highest BCUT2D eigenvalue weighted by Gasteiger charge is 2.27. The van der Waals surface area contributed by atoms with Gasteiger partial charge in [0, 0.05) is 54.0 Å². The van der Waals surface area contributed by atoms with Crippen molar-refractivity contribution < 1.29 is 22.7 Å². The van der Waals surface area contributed by atoms with Crippen molar-refractivity contribution in [2.75, 3.05) is 25.0 Å². The molecule has 5 rings (SSSR count). The van der Waals surface area contributed by atoms with E-state index in [1.165, 1.54) is 0 Å². The van der Waals surface area contributed by atoms with Crippen LogP contribution in [0.2, 0.25) is 0 Å². The van der Waals surface area contributed by atoms with Crippen LogP contribution >= 0.6 is 0 Å². The fourth-order valence-electron chi connectivity index (χ4n) is 5.58. The van der Waals surface area contributed by atoms with Crippen molar-refractivity contribution in [3.05, 3.63) is 53.9 Å². The SMILES string of the molecule is Cc1cc2cn(CCNC(=O)OC(C)(C)C)nc2cc1NC(=O)C(C)n1cc(C)c2cc(S(=O)(=O)N3CCCCC3)ccc21. The number of fused-ring (bicyclic) bond motifs is 2. The van der Waals surface area contributed by atoms with Crippen molar-refractivity contribution in [3.63, 3.8) is 0 Å². The summed E-state index contributed by atoms with van der Waals surface area (Å²) in [5, 5.41) is 12.1. The Morgan fingerprint density at radius 1 is 1.02 bits per heavy atom. The second kappa shape index (κ2) is 12.2. The monoisotopic (exact) mass is 622 g/mol. The number of nitrogens with one attached hydrogen (secondary N) is 2. The van der Waals surface area contributed by atoms with E-state index in [1.54, 1.807) is 27.2 Å². The molecule has 12 heteroatoms. The van der Waals surface area contributed by atoms with Gasteiger partial charge in [0.05, 0.1) is 17.0 Å². The van der Waals surface area contributed by atoms with Gasteiger partial charge in [-0.15, -0.1) is 0 Å². The molecule has 2 aromatic carbocycles. The number of alkyl carbamates (subject to hydrolysis) is 1. The van der Waals surface area contributed by atoms with E-state index >= 15 is 0 Å². The average molecular weight is 623 g/mol. The molecular formula is C32H42N6O5S. The van der Waals surface area contributed by atoms with Crippen LogP contribution < -0.4 is 10.6 Å². The van der Waals surface area contributed by atoms with Gasteiger partial charge in [0.25, 0.3) is 0 Å². The molecule has 1 aliphatic heterocycles. The number of aromatic nitrogens is 3. The Morgan fingerprint density at radius 3 is 2.45 bits per heavy atom. The number of hydrogen-bond acceptors (Lipinski definition) is 6. The van der Waals surface area contributed by atoms with E-state index in [-0.39, 0.29) is 10.8 Å². The number of rotatable bonds is 8. The van der Waals surface area contributed by atoms with Crippen LogP contribution in [0.4, 0.5) is 10.5 Å². The number of hydrogen-bond donors (Lipinski definition) is 2. The van der Waals surface area contributed by atoms with Crippen LogP contribution in [0.1, 0.15) is 64.1 Å². The summed E-state index contributed by atoms with van der Waals surface area (Å²) in [5.41, 5.74) is 3.42. The van der Waals surface area contributed by atoms with E-state index in [0.29, 0.717) is 31.9 Å². The minimum atomic E-state index is -3.56. The zero-order valence-electron chi connectivity index (χ0n) is 26.3. The summed E-state index contributed by atoms with van der Waals surface area (Å²) in [6.07, 6.45) is 6.14. The van der Waals surface area contributed by atoms with E-state index in [1.807, 2.05) is 70.6 Å². The van der Waals surface area contributed by atoms with Crippen molar-refractivity contribution >= 4 is 49.5 Å². The van der Waals surface area contributed by atoms with E-state index in [2.05, 4.69) is 15.7 Å². The lowest BCUT2D eigenvalue weighted by Gasteiger charge is -2.26. The maximum Gasteiger partial charge on any atom is 0.407 e. The molecule has 2 amide bonds. The van der Waals surface area contributed by atoms with Gasteiger partial charge in [-0.25, -0.2) is 13.2 Å². The lowest BCUT2D eigenvalue weighted by atomic mass is 10.1. The van der Waals surface area contributed by atoms with Gasteiger partial charge in [0.1, 0.15) is 11.6 Å². The Hall–Kier alpha value is -3.90. The number of ether oxygens (including phenoxy) is 1. The lowest BCUT2D eigenvalue weighted by Crippen LogP contribution is -2.35. The molecular weight excluding hydrogens is 580 g/mol. The van der Waals surface area contributed by atoms with Gasteiger partial charge in [-0.1, -0.05) is 6.42 Å². The molecule has 0 radical (unpaired) electrons. The summed E-state index contributed by atoms with van der Waals surface area (Å²) in [7, 11) is -3.56. The average Bonchev–Trinajstić information content (AvgIpc) is 3.51. The van der Waals surface area contributed by atoms with E-state index in [9.17, 15) is 18.0 Å². The van der Waals surface area contributed by atoms with Crippen LogP contribution in [0.15, 0.2) is 47.6 Å². The number of carbonyl (C=O) groups is 2. The molecule has 3 heterocycles. The standard InChI is InChI=1S/C32H42N6O5S/c1-21-16-24-20-36(15-12-33-31(40)43-32(4,5)6)35-28(24)18-27(21)34-30(39)23(3)38-19-22(2)26-17-25(10-11-29(26)38)44(41,42)37-13-8-7-9-14-37/h10-11,16-20,23H,7-9,12-15H2,1-6H3,(H,33,40)(H,34,39). The maximum atomic E-state index is 13.5. The molecule has 1 atom stereocenters. The quantitative estimate of drug-likeness (QED) is 0.267. The second-order valence-electron chi connectivity index (χ2n) is 12.6. The highest BCUT2D eigenvalue weighted by Crippen LogP contribution is 2.30. The lowest BCUT2D eigenvalue weighted by molar-refractivity contribution is -0.118. The first-order chi connectivity index (χ1) is 20.7. The van der Waals surface area contributed by atoms with Gasteiger partial charge in [0.2, 0.25) is 15.9 Å². The van der Waals surface area contributed by atoms with Crippen LogP contribution in [-0.4, -0.2) is 64.3 Å². The molecule has 236 valence electrons. The minimum absolute atomic E-state index is 0.199. The predicted molar refractivity (Wildman–Crippen MR) is 171 cm³/mol. The largest absolute Gasteiger partial charge is 0.444 e. The van der Waals surface area contributed by atoms with E-state index in [0.717, 1.165) is 52.2 Å². The summed E-state index contributed by atoms with van der Waals surface area (Å²) in [5.74, 6) is -0.199. The molecule has 2 N–H and O–H groups in total. The number of sulfonamides is 1. The minimum Gasteiger partial charge on any atom is -0.444 e. The first kappa shape index (κ1) is 31.5. The number of carbonyl (C=O) groups excluding carboxylic acids is 2. The predicted octanol–water partition coefficient (Wildman–Crippen LogP) is 5.51. The van der Waals surface area contributed by atoms with Gasteiger partial charge in [-0.05, 0) is 95.8 Å². The zero-order chi connectivity index (χ0) is 31.8. The van der Waals surface area contributed by atoms with Crippen molar-refractivity contribution in [2.45, 2.75) is 83.9 Å². The highest BCUT2D eigenvalue weighted by molar-refractivity contribution is 7.89. The Bertz CT molecular complexity index is 1810. The van der Waals surface area contributed by atoms with Crippen molar-refractivity contribution in [1.82, 2.24) is 24.0 Å². The summed E-state index contributed by atoms with van der Waals surface area (Å²) in [6, 6.07) is 8.44. The number of aryl methyl sites for hydroxylation is 2. The molecule has 4 aromatic rings. The van der Waals surface area contributed by atoms with Gasteiger partial charge in [-0.3, -0.25) is 9.48 Å². The summed E-state index contributed by atoms with van der Waals surface area (Å²) >= 11 is 0. The van der Waals surface area contributed by atoms with E-state index in [4.69, 9.17) is 4.74 Å². The third-order valence-electron chi connectivity index (χ3n) is 7.92. The number of anilines is 1. The third-order valence-corrected chi connectivity index (χ3v) is 9.81. The molecule has 0 spiro atoms. The molecule has 1 unspecified atom stereocenters. The van der Waals surface area contributed by atoms with Crippen molar-refractivity contribution in [2.24, 2.45) is 0 Å². The van der Waals surface area contributed by atoms with Crippen LogP contribution in [0.25, 0.3) is 21.8 Å². The number of benzene rings is 2. The molecule has 1 fully saturated rings.